The SMILES string of the molecule is CCN(CC)S(=O)(=O)c1ccc2nnn(OCC(=O)NC(C)c3ccc(Cl)cc3)c2c1. The molecule has 0 saturated carbocycles. The van der Waals surface area contributed by atoms with Gasteiger partial charge in [-0.3, -0.25) is 4.79 Å². The number of hydrogen-bond donors (Lipinski definition) is 1. The molecule has 2 aromatic carbocycles. The molecule has 1 unspecified atom stereocenters. The van der Waals surface area contributed by atoms with Crippen LogP contribution < -0.4 is 10.2 Å². The summed E-state index contributed by atoms with van der Waals surface area (Å²) in [5.41, 5.74) is 1.70. The van der Waals surface area contributed by atoms with Crippen molar-refractivity contribution < 1.29 is 18.0 Å². The summed E-state index contributed by atoms with van der Waals surface area (Å²) in [7, 11) is -3.65. The zero-order valence-corrected chi connectivity index (χ0v) is 19.0. The van der Waals surface area contributed by atoms with E-state index in [1.54, 1.807) is 32.0 Å². The highest BCUT2D eigenvalue weighted by Gasteiger charge is 2.23. The van der Waals surface area contributed by atoms with Crippen molar-refractivity contribution >= 4 is 38.6 Å². The summed E-state index contributed by atoms with van der Waals surface area (Å²) in [6.07, 6.45) is 0. The van der Waals surface area contributed by atoms with E-state index in [9.17, 15) is 13.2 Å². The highest BCUT2D eigenvalue weighted by Crippen LogP contribution is 2.20. The number of amides is 1. The monoisotopic (exact) mass is 465 g/mol. The maximum absolute atomic E-state index is 12.8. The van der Waals surface area contributed by atoms with Gasteiger partial charge in [0.25, 0.3) is 5.91 Å². The van der Waals surface area contributed by atoms with E-state index >= 15 is 0 Å². The lowest BCUT2D eigenvalue weighted by atomic mass is 10.1. The van der Waals surface area contributed by atoms with Crippen molar-refractivity contribution in [2.45, 2.75) is 31.7 Å². The van der Waals surface area contributed by atoms with Crippen LogP contribution in [-0.2, 0) is 14.8 Å². The van der Waals surface area contributed by atoms with Crippen LogP contribution in [-0.4, -0.2) is 53.5 Å². The highest BCUT2D eigenvalue weighted by atomic mass is 35.5. The molecule has 3 aromatic rings. The summed E-state index contributed by atoms with van der Waals surface area (Å²) >= 11 is 5.89. The van der Waals surface area contributed by atoms with Gasteiger partial charge in [0, 0.05) is 18.1 Å². The van der Waals surface area contributed by atoms with Gasteiger partial charge >= 0.3 is 0 Å². The molecule has 1 N–H and O–H groups in total. The van der Waals surface area contributed by atoms with E-state index in [1.807, 2.05) is 19.1 Å². The number of nitrogens with zero attached hydrogens (tertiary/aromatic N) is 4. The minimum absolute atomic E-state index is 0.108. The van der Waals surface area contributed by atoms with Gasteiger partial charge < -0.3 is 10.2 Å². The normalized spacial score (nSPS) is 12.8. The van der Waals surface area contributed by atoms with E-state index in [0.717, 1.165) is 10.4 Å². The van der Waals surface area contributed by atoms with Crippen molar-refractivity contribution in [1.82, 2.24) is 24.8 Å². The number of halogens is 1. The van der Waals surface area contributed by atoms with E-state index in [-0.39, 0.29) is 23.5 Å². The van der Waals surface area contributed by atoms with E-state index < -0.39 is 10.0 Å². The second-order valence-corrected chi connectivity index (χ2v) is 9.19. The Bertz CT molecular complexity index is 1160. The molecule has 166 valence electrons. The number of rotatable bonds is 9. The first kappa shape index (κ1) is 23.0. The number of carbonyl (C=O) groups is 1. The lowest BCUT2D eigenvalue weighted by Gasteiger charge is -2.18. The first-order valence-corrected chi connectivity index (χ1v) is 11.6. The van der Waals surface area contributed by atoms with Crippen LogP contribution in [0.5, 0.6) is 0 Å². The van der Waals surface area contributed by atoms with Crippen LogP contribution >= 0.6 is 11.6 Å². The fourth-order valence-electron chi connectivity index (χ4n) is 3.08. The number of benzene rings is 2. The lowest BCUT2D eigenvalue weighted by molar-refractivity contribution is -0.127. The average molecular weight is 466 g/mol. The topological polar surface area (TPSA) is 106 Å². The molecular formula is C20H24ClN5O4S. The van der Waals surface area contributed by atoms with E-state index in [1.165, 1.54) is 16.4 Å². The summed E-state index contributed by atoms with van der Waals surface area (Å²) in [4.78, 5) is 18.9. The largest absolute Gasteiger partial charge is 0.385 e. The third-order valence-corrected chi connectivity index (χ3v) is 7.09. The van der Waals surface area contributed by atoms with Crippen LogP contribution in [0.15, 0.2) is 47.4 Å². The summed E-state index contributed by atoms with van der Waals surface area (Å²) < 4.78 is 26.9. The summed E-state index contributed by atoms with van der Waals surface area (Å²) in [6, 6.07) is 11.4. The molecule has 0 bridgehead atoms. The van der Waals surface area contributed by atoms with Crippen LogP contribution in [0, 0.1) is 0 Å². The molecule has 1 amide bonds. The zero-order chi connectivity index (χ0) is 22.6. The summed E-state index contributed by atoms with van der Waals surface area (Å²) in [5, 5.41) is 11.3. The Labute approximate surface area is 185 Å². The standard InChI is InChI=1S/C20H24ClN5O4S/c1-4-25(5-2)31(28,29)17-10-11-18-19(12-17)26(24-23-18)30-13-20(27)22-14(3)15-6-8-16(21)9-7-15/h6-12,14H,4-5,13H2,1-3H3,(H,22,27). The van der Waals surface area contributed by atoms with E-state index in [4.69, 9.17) is 16.4 Å². The van der Waals surface area contributed by atoms with Crippen LogP contribution in [0.2, 0.25) is 5.02 Å². The Balaban J connectivity index is 1.71. The van der Waals surface area contributed by atoms with Crippen LogP contribution in [0.25, 0.3) is 11.0 Å². The maximum Gasteiger partial charge on any atom is 0.261 e. The molecule has 0 saturated heterocycles. The van der Waals surface area contributed by atoms with Crippen molar-refractivity contribution in [2.75, 3.05) is 19.7 Å². The van der Waals surface area contributed by atoms with Crippen molar-refractivity contribution in [1.29, 1.82) is 0 Å². The van der Waals surface area contributed by atoms with Crippen molar-refractivity contribution in [3.05, 3.63) is 53.1 Å². The Morgan fingerprint density at radius 3 is 2.52 bits per heavy atom. The fourth-order valence-corrected chi connectivity index (χ4v) is 4.69. The first-order chi connectivity index (χ1) is 14.8. The third kappa shape index (κ3) is 5.15. The van der Waals surface area contributed by atoms with E-state index in [2.05, 4.69) is 15.6 Å². The molecule has 0 aliphatic carbocycles. The van der Waals surface area contributed by atoms with Gasteiger partial charge in [-0.2, -0.15) is 4.31 Å². The van der Waals surface area contributed by atoms with Gasteiger partial charge in [0.15, 0.2) is 6.61 Å². The molecule has 1 atom stereocenters. The van der Waals surface area contributed by atoms with Gasteiger partial charge in [0.2, 0.25) is 10.0 Å². The molecule has 1 aromatic heterocycles. The maximum atomic E-state index is 12.8. The van der Waals surface area contributed by atoms with E-state index in [0.29, 0.717) is 29.1 Å². The van der Waals surface area contributed by atoms with Gasteiger partial charge in [0.05, 0.1) is 10.9 Å². The molecule has 0 fully saturated rings. The van der Waals surface area contributed by atoms with Crippen LogP contribution in [0.4, 0.5) is 0 Å². The number of nitrogens with one attached hydrogen (secondary N) is 1. The third-order valence-electron chi connectivity index (χ3n) is 4.80. The predicted molar refractivity (Wildman–Crippen MR) is 117 cm³/mol. The smallest absolute Gasteiger partial charge is 0.261 e. The van der Waals surface area contributed by atoms with Gasteiger partial charge in [-0.1, -0.05) is 42.4 Å². The Morgan fingerprint density at radius 1 is 1.19 bits per heavy atom. The number of sulfonamides is 1. The molecule has 11 heteroatoms. The number of fused-ring (bicyclic) bond motifs is 1. The second kappa shape index (κ2) is 9.63. The summed E-state index contributed by atoms with van der Waals surface area (Å²) in [5.74, 6) is -0.363. The molecule has 9 nitrogen and oxygen atoms in total. The number of hydrogen-bond acceptors (Lipinski definition) is 6. The molecule has 31 heavy (non-hydrogen) atoms. The van der Waals surface area contributed by atoms with Gasteiger partial charge in [-0.25, -0.2) is 8.42 Å². The Kier molecular flexibility index (Phi) is 7.14. The Hall–Kier alpha value is -2.69. The molecule has 0 aliphatic rings. The highest BCUT2D eigenvalue weighted by molar-refractivity contribution is 7.89. The molecule has 0 spiro atoms. The van der Waals surface area contributed by atoms with Crippen molar-refractivity contribution in [3.8, 4) is 0 Å². The lowest BCUT2D eigenvalue weighted by Crippen LogP contribution is -2.34. The minimum Gasteiger partial charge on any atom is -0.385 e. The van der Waals surface area contributed by atoms with Crippen LogP contribution in [0.3, 0.4) is 0 Å². The van der Waals surface area contributed by atoms with Gasteiger partial charge in [-0.05, 0) is 48.0 Å². The molecule has 3 rings (SSSR count). The van der Waals surface area contributed by atoms with Gasteiger partial charge in [-0.15, -0.1) is 5.10 Å². The number of aromatic nitrogens is 3. The molecule has 0 aliphatic heterocycles. The van der Waals surface area contributed by atoms with Crippen molar-refractivity contribution in [3.63, 3.8) is 0 Å². The van der Waals surface area contributed by atoms with Crippen molar-refractivity contribution in [2.24, 2.45) is 0 Å². The second-order valence-electron chi connectivity index (χ2n) is 6.82. The quantitative estimate of drug-likeness (QED) is 0.520. The Morgan fingerprint density at radius 2 is 1.87 bits per heavy atom. The molecular weight excluding hydrogens is 442 g/mol. The molecule has 1 heterocycles. The fraction of sp³-hybridized carbons (Fsp3) is 0.350. The summed E-state index contributed by atoms with van der Waals surface area (Å²) in [6.45, 7) is 5.80. The number of carbonyl (C=O) groups excluding carboxylic acids is 1. The van der Waals surface area contributed by atoms with Gasteiger partial charge in [0.1, 0.15) is 11.0 Å². The first-order valence-electron chi connectivity index (χ1n) is 9.80. The zero-order valence-electron chi connectivity index (χ0n) is 17.4. The molecule has 0 radical (unpaired) electrons. The predicted octanol–water partition coefficient (Wildman–Crippen LogP) is 2.42. The average Bonchev–Trinajstić information content (AvgIpc) is 3.15. The minimum atomic E-state index is -3.65. The van der Waals surface area contributed by atoms with Crippen LogP contribution in [0.1, 0.15) is 32.4 Å².